The Kier molecular flexibility index (Phi) is 5.78. The number of benzene rings is 1. The summed E-state index contributed by atoms with van der Waals surface area (Å²) in [6.45, 7) is 11.6. The molecule has 0 bridgehead atoms. The van der Waals surface area contributed by atoms with Gasteiger partial charge in [0.1, 0.15) is 0 Å². The molecular weight excluding hydrogens is 284 g/mol. The molecule has 0 N–H and O–H groups in total. The van der Waals surface area contributed by atoms with Gasteiger partial charge in [0, 0.05) is 0 Å². The first kappa shape index (κ1) is 17.5. The Morgan fingerprint density at radius 1 is 1.00 bits per heavy atom. The van der Waals surface area contributed by atoms with Crippen LogP contribution in [0.4, 0.5) is 0 Å². The minimum atomic E-state index is 0. The molecule has 0 heterocycles. The van der Waals surface area contributed by atoms with Crippen molar-refractivity contribution in [2.24, 2.45) is 0 Å². The van der Waals surface area contributed by atoms with Crippen LogP contribution < -0.4 is 17.0 Å². The molecular formula is C15H21BrMg. The second-order valence-corrected chi connectivity index (χ2v) is 6.21. The predicted octanol–water partition coefficient (Wildman–Crippen LogP) is 0.767. The molecule has 0 aromatic heterocycles. The summed E-state index contributed by atoms with van der Waals surface area (Å²) < 4.78 is 0. The van der Waals surface area contributed by atoms with E-state index in [1.165, 1.54) is 29.5 Å². The predicted molar refractivity (Wildman–Crippen MR) is 71.1 cm³/mol. The van der Waals surface area contributed by atoms with Crippen LogP contribution >= 0.6 is 0 Å². The first-order valence-corrected chi connectivity index (χ1v) is 5.86. The van der Waals surface area contributed by atoms with E-state index in [1.807, 2.05) is 0 Å². The van der Waals surface area contributed by atoms with Crippen molar-refractivity contribution in [3.8, 4) is 0 Å². The molecule has 0 fully saturated rings. The molecule has 2 heteroatoms. The second-order valence-electron chi connectivity index (χ2n) is 6.21. The van der Waals surface area contributed by atoms with Crippen molar-refractivity contribution in [2.75, 3.05) is 0 Å². The smallest absolute Gasteiger partial charge is 1.00 e. The van der Waals surface area contributed by atoms with E-state index in [9.17, 15) is 0 Å². The average Bonchev–Trinajstić information content (AvgIpc) is 2.13. The summed E-state index contributed by atoms with van der Waals surface area (Å²) in [7, 11) is 0. The summed E-state index contributed by atoms with van der Waals surface area (Å²) in [5.74, 6) is 0. The molecule has 2 rings (SSSR count). The normalized spacial score (nSPS) is 19.6. The molecule has 1 aromatic rings. The molecule has 1 aromatic carbocycles. The van der Waals surface area contributed by atoms with Crippen molar-refractivity contribution < 1.29 is 17.0 Å². The standard InChI is InChI=1S/C15H21.BrH.Mg/c1-11-6-7-12-13(10-11)15(4,5)9-8-14(12,2)3;;/h7,10H,8-9H2,1-5H3;1H;/q-1;;+2/p-1. The molecule has 0 spiro atoms. The first-order chi connectivity index (χ1) is 6.83. The van der Waals surface area contributed by atoms with Crippen LogP contribution in [-0.2, 0) is 10.8 Å². The van der Waals surface area contributed by atoms with Crippen molar-refractivity contribution in [2.45, 2.75) is 58.3 Å². The van der Waals surface area contributed by atoms with Gasteiger partial charge in [0.15, 0.2) is 0 Å². The van der Waals surface area contributed by atoms with Crippen molar-refractivity contribution in [3.63, 3.8) is 0 Å². The number of hydrogen-bond acceptors (Lipinski definition) is 0. The van der Waals surface area contributed by atoms with Crippen LogP contribution in [0.15, 0.2) is 12.1 Å². The minimum Gasteiger partial charge on any atom is -1.00 e. The summed E-state index contributed by atoms with van der Waals surface area (Å²) in [5.41, 5.74) is 4.97. The quantitative estimate of drug-likeness (QED) is 0.491. The molecule has 0 amide bonds. The van der Waals surface area contributed by atoms with Gasteiger partial charge in [-0.2, -0.15) is 23.8 Å². The van der Waals surface area contributed by atoms with E-state index in [-0.39, 0.29) is 40.0 Å². The third-order valence-corrected chi connectivity index (χ3v) is 3.93. The third kappa shape index (κ3) is 3.27. The molecule has 0 radical (unpaired) electrons. The Morgan fingerprint density at radius 2 is 1.47 bits per heavy atom. The van der Waals surface area contributed by atoms with Gasteiger partial charge in [-0.05, 0) is 11.8 Å². The van der Waals surface area contributed by atoms with Gasteiger partial charge < -0.3 is 17.0 Å². The number of hydrogen-bond donors (Lipinski definition) is 0. The maximum Gasteiger partial charge on any atom is 2.00 e. The molecule has 0 aliphatic heterocycles. The molecule has 0 saturated heterocycles. The fraction of sp³-hybridized carbons (Fsp3) is 0.600. The Balaban J connectivity index is 0.00000128. The van der Waals surface area contributed by atoms with Gasteiger partial charge in [-0.25, -0.2) is 0 Å². The summed E-state index contributed by atoms with van der Waals surface area (Å²) in [6.07, 6.45) is 2.57. The topological polar surface area (TPSA) is 0 Å². The van der Waals surface area contributed by atoms with E-state index in [1.54, 1.807) is 0 Å². The summed E-state index contributed by atoms with van der Waals surface area (Å²) in [5, 5.41) is 0. The van der Waals surface area contributed by atoms with E-state index in [2.05, 4.69) is 52.8 Å². The Hall–Kier alpha value is 0.466. The number of rotatable bonds is 0. The van der Waals surface area contributed by atoms with Gasteiger partial charge in [-0.1, -0.05) is 46.5 Å². The van der Waals surface area contributed by atoms with Crippen LogP contribution in [0.3, 0.4) is 0 Å². The summed E-state index contributed by atoms with van der Waals surface area (Å²) in [4.78, 5) is 0. The maximum atomic E-state index is 3.35. The van der Waals surface area contributed by atoms with Gasteiger partial charge in [0.05, 0.1) is 0 Å². The van der Waals surface area contributed by atoms with E-state index in [0.717, 1.165) is 0 Å². The summed E-state index contributed by atoms with van der Waals surface area (Å²) >= 11 is 0. The molecule has 0 nitrogen and oxygen atoms in total. The van der Waals surface area contributed by atoms with E-state index >= 15 is 0 Å². The van der Waals surface area contributed by atoms with Crippen molar-refractivity contribution in [3.05, 3.63) is 34.9 Å². The fourth-order valence-corrected chi connectivity index (χ4v) is 2.61. The van der Waals surface area contributed by atoms with Crippen molar-refractivity contribution >= 4 is 23.1 Å². The largest absolute Gasteiger partial charge is 2.00 e. The fourth-order valence-electron chi connectivity index (χ4n) is 2.61. The van der Waals surface area contributed by atoms with Crippen LogP contribution in [-0.4, -0.2) is 23.1 Å². The van der Waals surface area contributed by atoms with Gasteiger partial charge in [0.25, 0.3) is 0 Å². The number of aryl methyl sites for hydroxylation is 1. The second kappa shape index (κ2) is 5.62. The van der Waals surface area contributed by atoms with Gasteiger partial charge in [-0.3, -0.25) is 0 Å². The molecule has 0 atom stereocenters. The monoisotopic (exact) mass is 304 g/mol. The van der Waals surface area contributed by atoms with Crippen LogP contribution in [0.5, 0.6) is 0 Å². The molecule has 90 valence electrons. The average molecular weight is 306 g/mol. The molecule has 1 aliphatic carbocycles. The van der Waals surface area contributed by atoms with E-state index in [0.29, 0.717) is 10.8 Å². The SMILES string of the molecule is Cc1[c-]cc2c(c1)C(C)(C)CCC2(C)C.[Br-].[Mg+2]. The molecule has 0 unspecified atom stereocenters. The number of fused-ring (bicyclic) bond motifs is 1. The minimum absolute atomic E-state index is 0. The van der Waals surface area contributed by atoms with Gasteiger partial charge >= 0.3 is 23.1 Å². The van der Waals surface area contributed by atoms with Crippen LogP contribution in [0.1, 0.15) is 57.2 Å². The maximum absolute atomic E-state index is 3.35. The Bertz CT molecular complexity index is 394. The Morgan fingerprint density at radius 3 is 2.00 bits per heavy atom. The zero-order valence-corrected chi connectivity index (χ0v) is 14.7. The molecule has 1 aliphatic rings. The van der Waals surface area contributed by atoms with Crippen molar-refractivity contribution in [1.29, 1.82) is 0 Å². The first-order valence-electron chi connectivity index (χ1n) is 5.86. The summed E-state index contributed by atoms with van der Waals surface area (Å²) in [6, 6.07) is 7.90. The molecule has 17 heavy (non-hydrogen) atoms. The van der Waals surface area contributed by atoms with Crippen LogP contribution in [0.2, 0.25) is 0 Å². The van der Waals surface area contributed by atoms with Gasteiger partial charge in [0.2, 0.25) is 0 Å². The zero-order valence-electron chi connectivity index (χ0n) is 11.7. The molecule has 0 saturated carbocycles. The Labute approximate surface area is 132 Å². The van der Waals surface area contributed by atoms with E-state index in [4.69, 9.17) is 0 Å². The van der Waals surface area contributed by atoms with E-state index < -0.39 is 0 Å². The third-order valence-electron chi connectivity index (χ3n) is 3.93. The van der Waals surface area contributed by atoms with Crippen molar-refractivity contribution in [1.82, 2.24) is 0 Å². The van der Waals surface area contributed by atoms with Gasteiger partial charge in [-0.15, -0.1) is 11.1 Å². The number of halogens is 1. The van der Waals surface area contributed by atoms with Crippen LogP contribution in [0.25, 0.3) is 0 Å². The zero-order chi connectivity index (χ0) is 11.3. The van der Waals surface area contributed by atoms with Crippen LogP contribution in [0, 0.1) is 13.0 Å².